The van der Waals surface area contributed by atoms with Crippen molar-refractivity contribution in [3.63, 3.8) is 0 Å². The van der Waals surface area contributed by atoms with E-state index < -0.39 is 21.6 Å². The molecule has 0 radical (unpaired) electrons. The number of piperazine rings is 1. The molecule has 2 atom stereocenters. The number of amides is 4. The molecule has 0 aromatic carbocycles. The predicted octanol–water partition coefficient (Wildman–Crippen LogP) is 1.26. The number of urea groups is 1. The highest BCUT2D eigenvalue weighted by molar-refractivity contribution is 7.89. The Bertz CT molecular complexity index is 1100. The highest BCUT2D eigenvalue weighted by Gasteiger charge is 2.56. The van der Waals surface area contributed by atoms with Gasteiger partial charge < -0.3 is 14.7 Å². The lowest BCUT2D eigenvalue weighted by Crippen LogP contribution is -2.55. The van der Waals surface area contributed by atoms with Crippen molar-refractivity contribution in [1.29, 1.82) is 0 Å². The molecule has 3 aliphatic rings. The summed E-state index contributed by atoms with van der Waals surface area (Å²) in [7, 11) is -3.79. The molecule has 1 saturated carbocycles. The van der Waals surface area contributed by atoms with Gasteiger partial charge in [-0.2, -0.15) is 4.31 Å². The first kappa shape index (κ1) is 24.6. The second kappa shape index (κ2) is 8.33. The Labute approximate surface area is 199 Å². The first-order valence-corrected chi connectivity index (χ1v) is 13.0. The van der Waals surface area contributed by atoms with Crippen molar-refractivity contribution >= 4 is 27.9 Å². The minimum atomic E-state index is -3.79. The summed E-state index contributed by atoms with van der Waals surface area (Å²) < 4.78 is 32.3. The third kappa shape index (κ3) is 4.21. The number of carbonyl (C=O) groups excluding carboxylic acids is 3. The fraction of sp³-hybridized carbons (Fsp3) is 0.727. The molecule has 4 rings (SSSR count). The largest absolute Gasteiger partial charge is 0.360 e. The summed E-state index contributed by atoms with van der Waals surface area (Å²) in [6.07, 6.45) is 2.07. The van der Waals surface area contributed by atoms with Gasteiger partial charge in [0.25, 0.3) is 5.91 Å². The van der Waals surface area contributed by atoms with Gasteiger partial charge in [0.2, 0.25) is 15.9 Å². The molecule has 34 heavy (non-hydrogen) atoms. The Morgan fingerprint density at radius 2 is 1.79 bits per heavy atom. The Kier molecular flexibility index (Phi) is 6.04. The molecule has 1 aromatic rings. The lowest BCUT2D eigenvalue weighted by atomic mass is 9.64. The number of imide groups is 1. The molecule has 3 heterocycles. The predicted molar refractivity (Wildman–Crippen MR) is 121 cm³/mol. The van der Waals surface area contributed by atoms with Crippen LogP contribution in [0.1, 0.15) is 51.5 Å². The molecule has 1 spiro atoms. The van der Waals surface area contributed by atoms with Crippen LogP contribution >= 0.6 is 0 Å². The molecular formula is C22H33N5O6S. The van der Waals surface area contributed by atoms with Crippen molar-refractivity contribution in [2.45, 2.75) is 64.3 Å². The number of carbonyl (C=O) groups is 3. The van der Waals surface area contributed by atoms with Crippen LogP contribution in [0, 0.1) is 25.2 Å². The molecule has 2 saturated heterocycles. The molecule has 1 aliphatic carbocycles. The van der Waals surface area contributed by atoms with Gasteiger partial charge in [-0.1, -0.05) is 25.9 Å². The minimum absolute atomic E-state index is 0.0570. The van der Waals surface area contributed by atoms with E-state index in [1.54, 1.807) is 13.8 Å². The Morgan fingerprint density at radius 1 is 1.15 bits per heavy atom. The molecule has 3 fully saturated rings. The molecule has 2 unspecified atom stereocenters. The van der Waals surface area contributed by atoms with Gasteiger partial charge in [-0.25, -0.2) is 13.2 Å². The average molecular weight is 496 g/mol. The van der Waals surface area contributed by atoms with Gasteiger partial charge in [-0.15, -0.1) is 0 Å². The quantitative estimate of drug-likeness (QED) is 0.622. The number of hydrogen-bond acceptors (Lipinski definition) is 7. The highest BCUT2D eigenvalue weighted by atomic mass is 32.2. The third-order valence-corrected chi connectivity index (χ3v) is 9.22. The molecule has 11 nitrogen and oxygen atoms in total. The van der Waals surface area contributed by atoms with Crippen LogP contribution in [0.4, 0.5) is 4.79 Å². The second-order valence-corrected chi connectivity index (χ2v) is 12.6. The van der Waals surface area contributed by atoms with E-state index in [9.17, 15) is 22.8 Å². The molecule has 4 amide bonds. The number of hydrogen-bond donors (Lipinski definition) is 1. The van der Waals surface area contributed by atoms with E-state index in [0.717, 1.165) is 11.3 Å². The molecule has 1 N–H and O–H groups in total. The summed E-state index contributed by atoms with van der Waals surface area (Å²) in [6.45, 7) is 9.57. The van der Waals surface area contributed by atoms with Crippen LogP contribution in [0.2, 0.25) is 0 Å². The van der Waals surface area contributed by atoms with Gasteiger partial charge in [0, 0.05) is 26.2 Å². The lowest BCUT2D eigenvalue weighted by Gasteiger charge is -2.43. The van der Waals surface area contributed by atoms with Gasteiger partial charge >= 0.3 is 6.03 Å². The van der Waals surface area contributed by atoms with Crippen molar-refractivity contribution in [1.82, 2.24) is 24.6 Å². The first-order valence-electron chi connectivity index (χ1n) is 11.6. The Balaban J connectivity index is 1.40. The minimum Gasteiger partial charge on any atom is -0.360 e. The van der Waals surface area contributed by atoms with E-state index in [2.05, 4.69) is 31.2 Å². The second-order valence-electron chi connectivity index (χ2n) is 10.7. The highest BCUT2D eigenvalue weighted by Crippen LogP contribution is 2.46. The topological polar surface area (TPSA) is 133 Å². The van der Waals surface area contributed by atoms with Crippen molar-refractivity contribution in [2.75, 3.05) is 32.7 Å². The number of nitrogens with one attached hydrogen (secondary N) is 1. The number of nitrogens with zero attached hydrogens (tertiary/aromatic N) is 4. The molecule has 1 aromatic heterocycles. The summed E-state index contributed by atoms with van der Waals surface area (Å²) >= 11 is 0. The lowest BCUT2D eigenvalue weighted by molar-refractivity contribution is -0.141. The Morgan fingerprint density at radius 3 is 2.35 bits per heavy atom. The number of rotatable bonds is 4. The maximum absolute atomic E-state index is 13.3. The molecule has 188 valence electrons. The maximum atomic E-state index is 13.3. The van der Waals surface area contributed by atoms with Crippen LogP contribution in [0.15, 0.2) is 9.42 Å². The zero-order valence-electron chi connectivity index (χ0n) is 20.4. The van der Waals surface area contributed by atoms with Crippen molar-refractivity contribution in [3.8, 4) is 0 Å². The fourth-order valence-corrected chi connectivity index (χ4v) is 7.75. The van der Waals surface area contributed by atoms with E-state index in [1.807, 2.05) is 0 Å². The first-order chi connectivity index (χ1) is 15.8. The van der Waals surface area contributed by atoms with Gasteiger partial charge in [-0.05, 0) is 44.4 Å². The number of aromatic nitrogens is 1. The van der Waals surface area contributed by atoms with Crippen molar-refractivity contribution < 1.29 is 27.3 Å². The Hall–Kier alpha value is -2.47. The monoisotopic (exact) mass is 495 g/mol. The standard InChI is InChI=1S/C22H33N5O6S/c1-14-10-21(4,5)13-22(11-14)19(29)27(20(30)23-22)12-17(28)25-6-8-26(9-7-25)34(31,32)18-15(2)24-33-16(18)3/h14H,6-13H2,1-5H3,(H,23,30). The maximum Gasteiger partial charge on any atom is 0.325 e. The average Bonchev–Trinajstić information content (AvgIpc) is 3.17. The van der Waals surface area contributed by atoms with Crippen LogP contribution in [0.3, 0.4) is 0 Å². The van der Waals surface area contributed by atoms with Crippen LogP contribution in [-0.4, -0.2) is 83.8 Å². The summed E-state index contributed by atoms with van der Waals surface area (Å²) in [4.78, 5) is 41.5. The SMILES string of the molecule is Cc1noc(C)c1S(=O)(=O)N1CCN(C(=O)CN2C(=O)NC3(CC(C)CC(C)(C)C3)C2=O)CC1. The zero-order chi connectivity index (χ0) is 25.1. The molecule has 2 aliphatic heterocycles. The summed E-state index contributed by atoms with van der Waals surface area (Å²) in [6, 6.07) is -0.539. The fourth-order valence-electron chi connectivity index (χ4n) is 6.03. The summed E-state index contributed by atoms with van der Waals surface area (Å²) in [5.41, 5.74) is -0.757. The van der Waals surface area contributed by atoms with E-state index in [4.69, 9.17) is 4.52 Å². The van der Waals surface area contributed by atoms with Gasteiger partial charge in [0.15, 0.2) is 5.76 Å². The van der Waals surface area contributed by atoms with Crippen molar-refractivity contribution in [2.24, 2.45) is 11.3 Å². The van der Waals surface area contributed by atoms with Crippen LogP contribution in [0.5, 0.6) is 0 Å². The van der Waals surface area contributed by atoms with E-state index in [-0.39, 0.29) is 66.5 Å². The van der Waals surface area contributed by atoms with Gasteiger partial charge in [-0.3, -0.25) is 14.5 Å². The van der Waals surface area contributed by atoms with E-state index in [0.29, 0.717) is 18.5 Å². The third-order valence-electron chi connectivity index (χ3n) is 7.07. The van der Waals surface area contributed by atoms with Gasteiger partial charge in [0.05, 0.1) is 0 Å². The van der Waals surface area contributed by atoms with Crippen LogP contribution < -0.4 is 5.32 Å². The molecule has 0 bridgehead atoms. The zero-order valence-corrected chi connectivity index (χ0v) is 21.2. The number of aryl methyl sites for hydroxylation is 2. The summed E-state index contributed by atoms with van der Waals surface area (Å²) in [5.74, 6) is -0.219. The molecule has 12 heteroatoms. The van der Waals surface area contributed by atoms with E-state index in [1.165, 1.54) is 9.21 Å². The van der Waals surface area contributed by atoms with Crippen LogP contribution in [0.25, 0.3) is 0 Å². The van der Waals surface area contributed by atoms with Crippen molar-refractivity contribution in [3.05, 3.63) is 11.5 Å². The smallest absolute Gasteiger partial charge is 0.325 e. The van der Waals surface area contributed by atoms with Crippen LogP contribution in [-0.2, 0) is 19.6 Å². The molecular weight excluding hydrogens is 462 g/mol. The van der Waals surface area contributed by atoms with Gasteiger partial charge in [0.1, 0.15) is 22.7 Å². The normalized spacial score (nSPS) is 28.0. The number of sulfonamides is 1. The summed E-state index contributed by atoms with van der Waals surface area (Å²) in [5, 5.41) is 6.60. The van der Waals surface area contributed by atoms with E-state index >= 15 is 0 Å².